The molecule has 0 atom stereocenters. The molecule has 7 nitrogen and oxygen atoms in total. The van der Waals surface area contributed by atoms with E-state index in [1.54, 1.807) is 0 Å². The molecule has 3 heterocycles. The van der Waals surface area contributed by atoms with Crippen molar-refractivity contribution in [2.24, 2.45) is 0 Å². The molecule has 0 saturated carbocycles. The maximum absolute atomic E-state index is 12.2. The second kappa shape index (κ2) is 8.31. The summed E-state index contributed by atoms with van der Waals surface area (Å²) in [6, 6.07) is 18.4. The standard InChI is InChI=1S/C23H21N5O2S/c1-15-26-27-23(31-15)25-21(29)14-30-19-8-4-7-17-9-10-20(24-22(17)19)28-12-11-16-5-2-3-6-18(16)13-28/h2-10H,11-14H2,1H3,(H,25,27,29). The zero-order valence-electron chi connectivity index (χ0n) is 17.0. The van der Waals surface area contributed by atoms with Gasteiger partial charge in [-0.15, -0.1) is 10.2 Å². The first-order chi connectivity index (χ1) is 15.2. The van der Waals surface area contributed by atoms with Crippen LogP contribution in [0.5, 0.6) is 5.75 Å². The van der Waals surface area contributed by atoms with Crippen molar-refractivity contribution in [3.8, 4) is 5.75 Å². The quantitative estimate of drug-likeness (QED) is 0.515. The highest BCUT2D eigenvalue weighted by Gasteiger charge is 2.18. The van der Waals surface area contributed by atoms with Gasteiger partial charge in [-0.2, -0.15) is 0 Å². The number of rotatable bonds is 5. The van der Waals surface area contributed by atoms with E-state index in [4.69, 9.17) is 9.72 Å². The molecule has 0 saturated heterocycles. The van der Waals surface area contributed by atoms with Gasteiger partial charge in [-0.05, 0) is 42.7 Å². The number of aromatic nitrogens is 3. The fraction of sp³-hybridized carbons (Fsp3) is 0.217. The molecule has 5 rings (SSSR count). The molecule has 31 heavy (non-hydrogen) atoms. The molecule has 1 aliphatic heterocycles. The molecule has 8 heteroatoms. The van der Waals surface area contributed by atoms with Crippen molar-refractivity contribution in [2.75, 3.05) is 23.4 Å². The Morgan fingerprint density at radius 2 is 1.97 bits per heavy atom. The van der Waals surface area contributed by atoms with E-state index in [9.17, 15) is 4.79 Å². The highest BCUT2D eigenvalue weighted by atomic mass is 32.1. The van der Waals surface area contributed by atoms with Crippen LogP contribution >= 0.6 is 11.3 Å². The molecule has 0 fully saturated rings. The molecular formula is C23H21N5O2S. The summed E-state index contributed by atoms with van der Waals surface area (Å²) in [4.78, 5) is 19.4. The lowest BCUT2D eigenvalue weighted by atomic mass is 10.00. The van der Waals surface area contributed by atoms with Gasteiger partial charge in [-0.25, -0.2) is 4.98 Å². The fourth-order valence-electron chi connectivity index (χ4n) is 3.74. The molecule has 1 aliphatic rings. The van der Waals surface area contributed by atoms with Crippen LogP contribution in [0.1, 0.15) is 16.1 Å². The molecule has 156 valence electrons. The van der Waals surface area contributed by atoms with Crippen LogP contribution in [-0.4, -0.2) is 34.2 Å². The first-order valence-corrected chi connectivity index (χ1v) is 10.9. The summed E-state index contributed by atoms with van der Waals surface area (Å²) >= 11 is 1.33. The second-order valence-electron chi connectivity index (χ2n) is 7.40. The van der Waals surface area contributed by atoms with E-state index < -0.39 is 0 Å². The lowest BCUT2D eigenvalue weighted by Crippen LogP contribution is -2.30. The molecular weight excluding hydrogens is 410 g/mol. The van der Waals surface area contributed by atoms with E-state index in [1.165, 1.54) is 22.5 Å². The second-order valence-corrected chi connectivity index (χ2v) is 8.58. The van der Waals surface area contributed by atoms with Crippen LogP contribution in [-0.2, 0) is 17.8 Å². The number of nitrogens with one attached hydrogen (secondary N) is 1. The smallest absolute Gasteiger partial charge is 0.264 e. The van der Waals surface area contributed by atoms with Crippen LogP contribution in [0.25, 0.3) is 10.9 Å². The SMILES string of the molecule is Cc1nnc(NC(=O)COc2cccc3ccc(N4CCc5ccccc5C4)nc23)s1. The minimum Gasteiger partial charge on any atom is -0.481 e. The van der Waals surface area contributed by atoms with Gasteiger partial charge in [0.2, 0.25) is 5.13 Å². The van der Waals surface area contributed by atoms with Crippen LogP contribution in [0.15, 0.2) is 54.6 Å². The Morgan fingerprint density at radius 3 is 2.81 bits per heavy atom. The number of hydrogen-bond acceptors (Lipinski definition) is 7. The zero-order valence-corrected chi connectivity index (χ0v) is 17.9. The predicted molar refractivity (Wildman–Crippen MR) is 122 cm³/mol. The minimum atomic E-state index is -0.281. The molecule has 0 aliphatic carbocycles. The molecule has 2 aromatic heterocycles. The van der Waals surface area contributed by atoms with Crippen molar-refractivity contribution in [1.29, 1.82) is 0 Å². The lowest BCUT2D eigenvalue weighted by molar-refractivity contribution is -0.118. The van der Waals surface area contributed by atoms with E-state index in [2.05, 4.69) is 50.7 Å². The highest BCUT2D eigenvalue weighted by molar-refractivity contribution is 7.15. The van der Waals surface area contributed by atoms with Crippen LogP contribution in [0.3, 0.4) is 0 Å². The van der Waals surface area contributed by atoms with Gasteiger partial charge in [0.1, 0.15) is 22.1 Å². The van der Waals surface area contributed by atoms with Crippen molar-refractivity contribution >= 4 is 39.1 Å². The number of fused-ring (bicyclic) bond motifs is 2. The van der Waals surface area contributed by atoms with Gasteiger partial charge < -0.3 is 9.64 Å². The van der Waals surface area contributed by atoms with Gasteiger partial charge in [0.05, 0.1) is 0 Å². The summed E-state index contributed by atoms with van der Waals surface area (Å²) < 4.78 is 5.82. The fourth-order valence-corrected chi connectivity index (χ4v) is 4.35. The van der Waals surface area contributed by atoms with E-state index >= 15 is 0 Å². The molecule has 1 N–H and O–H groups in total. The summed E-state index contributed by atoms with van der Waals surface area (Å²) in [5.74, 6) is 1.21. The van der Waals surface area contributed by atoms with Gasteiger partial charge in [0.25, 0.3) is 5.91 Å². The molecule has 0 radical (unpaired) electrons. The van der Waals surface area contributed by atoms with E-state index in [1.807, 2.05) is 31.2 Å². The van der Waals surface area contributed by atoms with Crippen LogP contribution in [0.4, 0.5) is 10.9 Å². The Kier molecular flexibility index (Phi) is 5.21. The monoisotopic (exact) mass is 431 g/mol. The number of carbonyl (C=O) groups excluding carboxylic acids is 1. The van der Waals surface area contributed by atoms with E-state index in [-0.39, 0.29) is 12.5 Å². The Hall–Kier alpha value is -3.52. The van der Waals surface area contributed by atoms with Crippen molar-refractivity contribution < 1.29 is 9.53 Å². The van der Waals surface area contributed by atoms with E-state index in [0.717, 1.165) is 41.2 Å². The van der Waals surface area contributed by atoms with Crippen molar-refractivity contribution in [1.82, 2.24) is 15.2 Å². The largest absolute Gasteiger partial charge is 0.481 e. The number of hydrogen-bond donors (Lipinski definition) is 1. The van der Waals surface area contributed by atoms with Crippen molar-refractivity contribution in [3.05, 3.63) is 70.7 Å². The molecule has 0 unspecified atom stereocenters. The normalized spacial score (nSPS) is 13.1. The molecule has 4 aromatic rings. The lowest BCUT2D eigenvalue weighted by Gasteiger charge is -2.30. The maximum Gasteiger partial charge on any atom is 0.264 e. The summed E-state index contributed by atoms with van der Waals surface area (Å²) in [5, 5.41) is 12.7. The van der Waals surface area contributed by atoms with Gasteiger partial charge in [-0.1, -0.05) is 47.7 Å². The van der Waals surface area contributed by atoms with Gasteiger partial charge in [0.15, 0.2) is 6.61 Å². The summed E-state index contributed by atoms with van der Waals surface area (Å²) in [6.45, 7) is 3.47. The third-order valence-corrected chi connectivity index (χ3v) is 6.01. The number of amides is 1. The number of aryl methyl sites for hydroxylation is 1. The first-order valence-electron chi connectivity index (χ1n) is 10.1. The predicted octanol–water partition coefficient (Wildman–Crippen LogP) is 3.97. The Balaban J connectivity index is 1.34. The average molecular weight is 432 g/mol. The van der Waals surface area contributed by atoms with Crippen LogP contribution in [0, 0.1) is 6.92 Å². The van der Waals surface area contributed by atoms with Crippen LogP contribution in [0.2, 0.25) is 0 Å². The summed E-state index contributed by atoms with van der Waals surface area (Å²) in [6.07, 6.45) is 0.999. The van der Waals surface area contributed by atoms with Crippen molar-refractivity contribution in [3.63, 3.8) is 0 Å². The number of carbonyl (C=O) groups is 1. The summed E-state index contributed by atoms with van der Waals surface area (Å²) in [7, 11) is 0. The molecule has 0 spiro atoms. The molecule has 0 bridgehead atoms. The zero-order chi connectivity index (χ0) is 21.2. The number of ether oxygens (including phenoxy) is 1. The maximum atomic E-state index is 12.2. The van der Waals surface area contributed by atoms with Gasteiger partial charge in [0, 0.05) is 18.5 Å². The number of anilines is 2. The third kappa shape index (κ3) is 4.20. The number of pyridine rings is 1. The highest BCUT2D eigenvalue weighted by Crippen LogP contribution is 2.29. The number of nitrogens with zero attached hydrogens (tertiary/aromatic N) is 4. The summed E-state index contributed by atoms with van der Waals surface area (Å²) in [5.41, 5.74) is 3.49. The molecule has 1 amide bonds. The third-order valence-electron chi connectivity index (χ3n) is 5.25. The Labute approximate surface area is 183 Å². The minimum absolute atomic E-state index is 0.124. The Morgan fingerprint density at radius 1 is 1.10 bits per heavy atom. The van der Waals surface area contributed by atoms with Gasteiger partial charge >= 0.3 is 0 Å². The topological polar surface area (TPSA) is 80.2 Å². The first kappa shape index (κ1) is 19.4. The van der Waals surface area contributed by atoms with Crippen molar-refractivity contribution in [2.45, 2.75) is 19.9 Å². The van der Waals surface area contributed by atoms with Gasteiger partial charge in [-0.3, -0.25) is 10.1 Å². The van der Waals surface area contributed by atoms with E-state index in [0.29, 0.717) is 10.9 Å². The van der Waals surface area contributed by atoms with Crippen LogP contribution < -0.4 is 15.0 Å². The number of para-hydroxylation sites is 1. The number of benzene rings is 2. The molecule has 2 aromatic carbocycles. The Bertz CT molecular complexity index is 1260. The average Bonchev–Trinajstić information content (AvgIpc) is 3.21.